The van der Waals surface area contributed by atoms with Gasteiger partial charge in [0.15, 0.2) is 5.78 Å². The Hall–Kier alpha value is -2.05. The number of carbonyl (C=O) groups excluding carboxylic acids is 2. The molecule has 4 nitrogen and oxygen atoms in total. The maximum atomic E-state index is 13.7. The number of ether oxygens (including phenoxy) is 1. The molecule has 2 aromatic rings. The van der Waals surface area contributed by atoms with Gasteiger partial charge in [-0.1, -0.05) is 11.6 Å². The fraction of sp³-hybridized carbons (Fsp3) is 0.222. The third-order valence-electron chi connectivity index (χ3n) is 3.38. The summed E-state index contributed by atoms with van der Waals surface area (Å²) in [6.45, 7) is 1.49. The molecule has 0 aliphatic rings. The minimum atomic E-state index is -0.582. The lowest BCUT2D eigenvalue weighted by Crippen LogP contribution is -2.15. The van der Waals surface area contributed by atoms with Gasteiger partial charge in [0.1, 0.15) is 11.6 Å². The fourth-order valence-corrected chi connectivity index (χ4v) is 3.11. The number of benzene rings is 2. The number of carbonyl (C=O) groups is 2. The molecule has 0 bridgehead atoms. The van der Waals surface area contributed by atoms with Crippen LogP contribution in [0.2, 0.25) is 5.02 Å². The lowest BCUT2D eigenvalue weighted by molar-refractivity contribution is -0.113. The summed E-state index contributed by atoms with van der Waals surface area (Å²) in [4.78, 5) is 23.4. The largest absolute Gasteiger partial charge is 0.496 e. The zero-order chi connectivity index (χ0) is 18.4. The Morgan fingerprint density at radius 1 is 1.24 bits per heavy atom. The quantitative estimate of drug-likeness (QED) is 0.714. The molecule has 0 atom stereocenters. The van der Waals surface area contributed by atoms with Crippen LogP contribution in [0.5, 0.6) is 5.75 Å². The SMILES string of the molecule is COc1ccc(C(C)=O)cc1CSCC(=O)Nc1ccc(Cl)cc1F. The molecule has 0 unspecified atom stereocenters. The van der Waals surface area contributed by atoms with Crippen LogP contribution in [0.25, 0.3) is 0 Å². The van der Waals surface area contributed by atoms with E-state index in [1.165, 1.54) is 30.8 Å². The Kier molecular flexibility index (Phi) is 6.84. The molecule has 25 heavy (non-hydrogen) atoms. The molecule has 1 amide bonds. The fourth-order valence-electron chi connectivity index (χ4n) is 2.14. The van der Waals surface area contributed by atoms with E-state index in [-0.39, 0.29) is 28.2 Å². The van der Waals surface area contributed by atoms with Crippen molar-refractivity contribution in [1.29, 1.82) is 0 Å². The molecular weight excluding hydrogens is 365 g/mol. The Morgan fingerprint density at radius 2 is 2.00 bits per heavy atom. The van der Waals surface area contributed by atoms with E-state index in [0.29, 0.717) is 17.1 Å². The van der Waals surface area contributed by atoms with Gasteiger partial charge in [-0.05, 0) is 43.3 Å². The first-order chi connectivity index (χ1) is 11.9. The second-order valence-corrected chi connectivity index (χ2v) is 6.67. The van der Waals surface area contributed by atoms with E-state index in [1.807, 2.05) is 0 Å². The van der Waals surface area contributed by atoms with Crippen LogP contribution in [0, 0.1) is 5.82 Å². The number of methoxy groups -OCH3 is 1. The first-order valence-electron chi connectivity index (χ1n) is 7.41. The van der Waals surface area contributed by atoms with Gasteiger partial charge in [0.05, 0.1) is 18.6 Å². The summed E-state index contributed by atoms with van der Waals surface area (Å²) in [6, 6.07) is 9.25. The third-order valence-corrected chi connectivity index (χ3v) is 4.60. The van der Waals surface area contributed by atoms with Crippen molar-refractivity contribution in [1.82, 2.24) is 0 Å². The highest BCUT2D eigenvalue weighted by Gasteiger charge is 2.10. The summed E-state index contributed by atoms with van der Waals surface area (Å²) in [7, 11) is 1.55. The second kappa shape index (κ2) is 8.87. The van der Waals surface area contributed by atoms with Crippen molar-refractivity contribution in [2.45, 2.75) is 12.7 Å². The molecule has 0 radical (unpaired) electrons. The zero-order valence-electron chi connectivity index (χ0n) is 13.8. The zero-order valence-corrected chi connectivity index (χ0v) is 15.3. The van der Waals surface area contributed by atoms with Crippen LogP contribution in [0.1, 0.15) is 22.8 Å². The van der Waals surface area contributed by atoms with Crippen LogP contribution in [-0.4, -0.2) is 24.6 Å². The molecule has 0 saturated carbocycles. The van der Waals surface area contributed by atoms with Crippen LogP contribution >= 0.6 is 23.4 Å². The molecule has 0 saturated heterocycles. The molecular formula is C18H17ClFNO3S. The van der Waals surface area contributed by atoms with E-state index in [9.17, 15) is 14.0 Å². The average Bonchev–Trinajstić information content (AvgIpc) is 2.57. The van der Waals surface area contributed by atoms with Gasteiger partial charge >= 0.3 is 0 Å². The summed E-state index contributed by atoms with van der Waals surface area (Å²) >= 11 is 7.02. The van der Waals surface area contributed by atoms with E-state index in [4.69, 9.17) is 16.3 Å². The van der Waals surface area contributed by atoms with Crippen LogP contribution in [0.15, 0.2) is 36.4 Å². The maximum absolute atomic E-state index is 13.7. The lowest BCUT2D eigenvalue weighted by atomic mass is 10.1. The van der Waals surface area contributed by atoms with E-state index in [0.717, 1.165) is 11.6 Å². The van der Waals surface area contributed by atoms with Crippen molar-refractivity contribution < 1.29 is 18.7 Å². The van der Waals surface area contributed by atoms with Crippen molar-refractivity contribution in [2.75, 3.05) is 18.2 Å². The van der Waals surface area contributed by atoms with Crippen molar-refractivity contribution in [3.63, 3.8) is 0 Å². The van der Waals surface area contributed by atoms with Gasteiger partial charge in [0.25, 0.3) is 0 Å². The molecule has 2 rings (SSSR count). The minimum absolute atomic E-state index is 0.0372. The van der Waals surface area contributed by atoms with Gasteiger partial charge in [-0.3, -0.25) is 9.59 Å². The van der Waals surface area contributed by atoms with Crippen LogP contribution in [0.3, 0.4) is 0 Å². The molecule has 2 aromatic carbocycles. The summed E-state index contributed by atoms with van der Waals surface area (Å²) < 4.78 is 18.9. The highest BCUT2D eigenvalue weighted by molar-refractivity contribution is 7.99. The monoisotopic (exact) mass is 381 g/mol. The number of hydrogen-bond donors (Lipinski definition) is 1. The molecule has 132 valence electrons. The number of rotatable bonds is 7. The summed E-state index contributed by atoms with van der Waals surface area (Å²) in [5, 5.41) is 2.77. The van der Waals surface area contributed by atoms with E-state index in [1.54, 1.807) is 25.3 Å². The predicted octanol–water partition coefficient (Wildman–Crippen LogP) is 4.56. The van der Waals surface area contributed by atoms with E-state index in [2.05, 4.69) is 5.32 Å². The summed E-state index contributed by atoms with van der Waals surface area (Å²) in [5.74, 6) is 0.331. The number of anilines is 1. The normalized spacial score (nSPS) is 10.4. The standard InChI is InChI=1S/C18H17ClFNO3S/c1-11(22)12-3-6-17(24-2)13(7-12)9-25-10-18(23)21-16-5-4-14(19)8-15(16)20/h3-8H,9-10H2,1-2H3,(H,21,23). The van der Waals surface area contributed by atoms with Crippen molar-refractivity contribution >= 4 is 40.7 Å². The predicted molar refractivity (Wildman–Crippen MR) is 99.2 cm³/mol. The van der Waals surface area contributed by atoms with Gasteiger partial charge in [0.2, 0.25) is 5.91 Å². The van der Waals surface area contributed by atoms with E-state index < -0.39 is 5.82 Å². The number of nitrogens with one attached hydrogen (secondary N) is 1. The molecule has 0 aliphatic carbocycles. The summed E-state index contributed by atoms with van der Waals surface area (Å²) in [5.41, 5.74) is 1.50. The molecule has 0 aliphatic heterocycles. The Balaban J connectivity index is 1.94. The van der Waals surface area contributed by atoms with Gasteiger partial charge in [0, 0.05) is 21.9 Å². The van der Waals surface area contributed by atoms with Gasteiger partial charge < -0.3 is 10.1 Å². The first-order valence-corrected chi connectivity index (χ1v) is 8.94. The highest BCUT2D eigenvalue weighted by Crippen LogP contribution is 2.25. The number of halogens is 2. The van der Waals surface area contributed by atoms with Crippen molar-refractivity contribution in [3.05, 3.63) is 58.4 Å². The minimum Gasteiger partial charge on any atom is -0.496 e. The van der Waals surface area contributed by atoms with E-state index >= 15 is 0 Å². The third kappa shape index (κ3) is 5.47. The van der Waals surface area contributed by atoms with Crippen LogP contribution < -0.4 is 10.1 Å². The molecule has 0 aromatic heterocycles. The maximum Gasteiger partial charge on any atom is 0.234 e. The van der Waals surface area contributed by atoms with Gasteiger partial charge in [-0.2, -0.15) is 0 Å². The number of Topliss-reactive ketones (excluding diaryl/α,β-unsaturated/α-hetero) is 1. The highest BCUT2D eigenvalue weighted by atomic mass is 35.5. The summed E-state index contributed by atoms with van der Waals surface area (Å²) in [6.07, 6.45) is 0. The molecule has 7 heteroatoms. The Labute approximate surface area is 154 Å². The van der Waals surface area contributed by atoms with Crippen LogP contribution in [-0.2, 0) is 10.5 Å². The smallest absolute Gasteiger partial charge is 0.234 e. The number of thioether (sulfide) groups is 1. The molecule has 0 spiro atoms. The number of ketones is 1. The van der Waals surface area contributed by atoms with Crippen molar-refractivity contribution in [3.8, 4) is 5.75 Å². The Bertz CT molecular complexity index is 798. The topological polar surface area (TPSA) is 55.4 Å². The van der Waals surface area contributed by atoms with Gasteiger partial charge in [-0.15, -0.1) is 11.8 Å². The lowest BCUT2D eigenvalue weighted by Gasteiger charge is -2.10. The average molecular weight is 382 g/mol. The number of amides is 1. The van der Waals surface area contributed by atoms with Gasteiger partial charge in [-0.25, -0.2) is 4.39 Å². The Morgan fingerprint density at radius 3 is 2.64 bits per heavy atom. The molecule has 1 N–H and O–H groups in total. The first kappa shape index (κ1) is 19.3. The molecule has 0 fully saturated rings. The second-order valence-electron chi connectivity index (χ2n) is 5.25. The van der Waals surface area contributed by atoms with Crippen LogP contribution in [0.4, 0.5) is 10.1 Å². The van der Waals surface area contributed by atoms with Crippen molar-refractivity contribution in [2.24, 2.45) is 0 Å². The molecule has 0 heterocycles. The number of hydrogen-bond acceptors (Lipinski definition) is 4.